The number of hydrogen-bond donors (Lipinski definition) is 1. The fraction of sp³-hybridized carbons (Fsp3) is 0.214. The van der Waals surface area contributed by atoms with Gasteiger partial charge in [0, 0.05) is 6.04 Å². The van der Waals surface area contributed by atoms with Crippen LogP contribution >= 0.6 is 11.3 Å². The van der Waals surface area contributed by atoms with Crippen LogP contribution in [0, 0.1) is 0 Å². The van der Waals surface area contributed by atoms with E-state index in [-0.39, 0.29) is 0 Å². The molecule has 3 aromatic rings. The third kappa shape index (κ3) is 1.39. The van der Waals surface area contributed by atoms with E-state index in [1.807, 2.05) is 17.5 Å². The van der Waals surface area contributed by atoms with Crippen LogP contribution in [-0.4, -0.2) is 9.55 Å². The van der Waals surface area contributed by atoms with E-state index in [1.54, 1.807) is 11.3 Å². The van der Waals surface area contributed by atoms with Gasteiger partial charge in [-0.05, 0) is 36.4 Å². The fourth-order valence-corrected chi connectivity index (χ4v) is 3.21. The molecule has 18 heavy (non-hydrogen) atoms. The zero-order chi connectivity index (χ0) is 12.1. The SMILES string of the molecule is Nc1ccsc1-c1nc2ccccc2n1C1CC1. The second-order valence-corrected chi connectivity index (χ2v) is 5.65. The summed E-state index contributed by atoms with van der Waals surface area (Å²) in [5.41, 5.74) is 9.16. The molecule has 2 aromatic heterocycles. The molecule has 4 rings (SSSR count). The summed E-state index contributed by atoms with van der Waals surface area (Å²) in [5.74, 6) is 1.03. The standard InChI is InChI=1S/C14H13N3S/c15-10-7-8-18-13(10)14-16-11-3-1-2-4-12(11)17(14)9-5-6-9/h1-4,7-9H,5-6,15H2. The van der Waals surface area contributed by atoms with E-state index in [4.69, 9.17) is 10.7 Å². The number of imidazole rings is 1. The van der Waals surface area contributed by atoms with Gasteiger partial charge in [0.05, 0.1) is 21.6 Å². The van der Waals surface area contributed by atoms with Crippen molar-refractivity contribution in [3.8, 4) is 10.7 Å². The van der Waals surface area contributed by atoms with E-state index >= 15 is 0 Å². The molecule has 1 aliphatic carbocycles. The zero-order valence-electron chi connectivity index (χ0n) is 9.84. The number of fused-ring (bicyclic) bond motifs is 1. The lowest BCUT2D eigenvalue weighted by Crippen LogP contribution is -1.97. The second kappa shape index (κ2) is 3.59. The molecule has 1 saturated carbocycles. The van der Waals surface area contributed by atoms with Crippen LogP contribution in [0.1, 0.15) is 18.9 Å². The minimum Gasteiger partial charge on any atom is -0.397 e. The lowest BCUT2D eigenvalue weighted by molar-refractivity contribution is 0.777. The van der Waals surface area contributed by atoms with Crippen LogP contribution in [0.15, 0.2) is 35.7 Å². The molecule has 0 radical (unpaired) electrons. The summed E-state index contributed by atoms with van der Waals surface area (Å²) in [4.78, 5) is 5.87. The highest BCUT2D eigenvalue weighted by Gasteiger charge is 2.29. The lowest BCUT2D eigenvalue weighted by Gasteiger charge is -2.06. The van der Waals surface area contributed by atoms with E-state index in [0.29, 0.717) is 6.04 Å². The number of hydrogen-bond acceptors (Lipinski definition) is 3. The van der Waals surface area contributed by atoms with Crippen molar-refractivity contribution in [3.63, 3.8) is 0 Å². The second-order valence-electron chi connectivity index (χ2n) is 4.73. The van der Waals surface area contributed by atoms with Gasteiger partial charge in [-0.1, -0.05) is 12.1 Å². The Balaban J connectivity index is 2.05. The molecule has 0 bridgehead atoms. The van der Waals surface area contributed by atoms with E-state index in [2.05, 4.69) is 22.8 Å². The van der Waals surface area contributed by atoms with Gasteiger partial charge in [0.15, 0.2) is 5.82 Å². The lowest BCUT2D eigenvalue weighted by atomic mass is 10.3. The van der Waals surface area contributed by atoms with Gasteiger partial charge in [0.2, 0.25) is 0 Å². The summed E-state index contributed by atoms with van der Waals surface area (Å²) in [6.45, 7) is 0. The minimum absolute atomic E-state index is 0.605. The molecule has 2 heterocycles. The Bertz CT molecular complexity index is 722. The van der Waals surface area contributed by atoms with Crippen molar-refractivity contribution in [2.45, 2.75) is 18.9 Å². The summed E-state index contributed by atoms with van der Waals surface area (Å²) >= 11 is 1.67. The predicted molar refractivity (Wildman–Crippen MR) is 75.7 cm³/mol. The van der Waals surface area contributed by atoms with Crippen LogP contribution in [0.2, 0.25) is 0 Å². The van der Waals surface area contributed by atoms with Gasteiger partial charge >= 0.3 is 0 Å². The van der Waals surface area contributed by atoms with Gasteiger partial charge in [0.25, 0.3) is 0 Å². The average molecular weight is 255 g/mol. The molecule has 0 atom stereocenters. The topological polar surface area (TPSA) is 43.8 Å². The molecule has 0 saturated heterocycles. The fourth-order valence-electron chi connectivity index (χ4n) is 2.41. The largest absolute Gasteiger partial charge is 0.397 e. The number of thiophene rings is 1. The van der Waals surface area contributed by atoms with Crippen LogP contribution in [0.25, 0.3) is 21.7 Å². The quantitative estimate of drug-likeness (QED) is 0.759. The minimum atomic E-state index is 0.605. The molecule has 0 aliphatic heterocycles. The number of anilines is 1. The first-order valence-corrected chi connectivity index (χ1v) is 7.03. The number of nitrogens with two attached hydrogens (primary N) is 1. The third-order valence-corrected chi connectivity index (χ3v) is 4.33. The maximum atomic E-state index is 6.04. The first kappa shape index (κ1) is 10.1. The Morgan fingerprint density at radius 2 is 2.06 bits per heavy atom. The van der Waals surface area contributed by atoms with Crippen molar-refractivity contribution in [1.29, 1.82) is 0 Å². The van der Waals surface area contributed by atoms with Gasteiger partial charge < -0.3 is 10.3 Å². The van der Waals surface area contributed by atoms with Gasteiger partial charge in [0.1, 0.15) is 0 Å². The molecular formula is C14H13N3S. The molecule has 0 spiro atoms. The number of nitrogens with zero attached hydrogens (tertiary/aromatic N) is 2. The molecule has 0 amide bonds. The molecule has 2 N–H and O–H groups in total. The van der Waals surface area contributed by atoms with E-state index in [1.165, 1.54) is 18.4 Å². The monoisotopic (exact) mass is 255 g/mol. The Kier molecular flexibility index (Phi) is 2.02. The summed E-state index contributed by atoms with van der Waals surface area (Å²) in [7, 11) is 0. The molecule has 0 unspecified atom stereocenters. The molecule has 4 heteroatoms. The number of benzene rings is 1. The van der Waals surface area contributed by atoms with E-state index < -0.39 is 0 Å². The summed E-state index contributed by atoms with van der Waals surface area (Å²) < 4.78 is 2.36. The molecular weight excluding hydrogens is 242 g/mol. The maximum Gasteiger partial charge on any atom is 0.153 e. The summed E-state index contributed by atoms with van der Waals surface area (Å²) in [5, 5.41) is 2.03. The van der Waals surface area contributed by atoms with Crippen molar-refractivity contribution >= 4 is 28.1 Å². The highest BCUT2D eigenvalue weighted by molar-refractivity contribution is 7.14. The van der Waals surface area contributed by atoms with Crippen molar-refractivity contribution in [2.75, 3.05) is 5.73 Å². The smallest absolute Gasteiger partial charge is 0.153 e. The van der Waals surface area contributed by atoms with E-state index in [9.17, 15) is 0 Å². The Labute approximate surface area is 109 Å². The summed E-state index contributed by atoms with van der Waals surface area (Å²) in [6, 6.07) is 10.9. The van der Waals surface area contributed by atoms with Crippen molar-refractivity contribution in [1.82, 2.24) is 9.55 Å². The van der Waals surface area contributed by atoms with Gasteiger partial charge in [-0.15, -0.1) is 11.3 Å². The average Bonchev–Trinajstić information content (AvgIpc) is 3.01. The van der Waals surface area contributed by atoms with Crippen molar-refractivity contribution < 1.29 is 0 Å². The van der Waals surface area contributed by atoms with Crippen LogP contribution in [0.3, 0.4) is 0 Å². The first-order chi connectivity index (χ1) is 8.84. The Hall–Kier alpha value is -1.81. The molecule has 1 aromatic carbocycles. The summed E-state index contributed by atoms with van der Waals surface area (Å²) in [6.07, 6.45) is 2.50. The van der Waals surface area contributed by atoms with Gasteiger partial charge in [-0.2, -0.15) is 0 Å². The van der Waals surface area contributed by atoms with E-state index in [0.717, 1.165) is 21.9 Å². The molecule has 3 nitrogen and oxygen atoms in total. The van der Waals surface area contributed by atoms with Gasteiger partial charge in [-0.3, -0.25) is 0 Å². The van der Waals surface area contributed by atoms with Crippen LogP contribution in [-0.2, 0) is 0 Å². The molecule has 1 aliphatic rings. The van der Waals surface area contributed by atoms with Crippen LogP contribution in [0.5, 0.6) is 0 Å². The first-order valence-electron chi connectivity index (χ1n) is 6.15. The normalized spacial score (nSPS) is 15.3. The zero-order valence-corrected chi connectivity index (χ0v) is 10.7. The molecule has 90 valence electrons. The third-order valence-electron chi connectivity index (χ3n) is 3.41. The highest BCUT2D eigenvalue weighted by atomic mass is 32.1. The number of para-hydroxylation sites is 2. The van der Waals surface area contributed by atoms with Crippen LogP contribution in [0.4, 0.5) is 5.69 Å². The number of rotatable bonds is 2. The predicted octanol–water partition coefficient (Wildman–Crippen LogP) is 3.68. The number of nitrogen functional groups attached to an aromatic ring is 1. The van der Waals surface area contributed by atoms with Crippen molar-refractivity contribution in [3.05, 3.63) is 35.7 Å². The van der Waals surface area contributed by atoms with Crippen LogP contribution < -0.4 is 5.73 Å². The Morgan fingerprint density at radius 3 is 2.78 bits per heavy atom. The maximum absolute atomic E-state index is 6.04. The van der Waals surface area contributed by atoms with Crippen molar-refractivity contribution in [2.24, 2.45) is 0 Å². The van der Waals surface area contributed by atoms with Gasteiger partial charge in [-0.25, -0.2) is 4.98 Å². The molecule has 1 fully saturated rings. The Morgan fingerprint density at radius 1 is 1.22 bits per heavy atom. The number of aromatic nitrogens is 2. The highest BCUT2D eigenvalue weighted by Crippen LogP contribution is 2.43.